The van der Waals surface area contributed by atoms with E-state index in [1.54, 1.807) is 11.3 Å². The molecule has 0 fully saturated rings. The Morgan fingerprint density at radius 2 is 1.82 bits per heavy atom. The van der Waals surface area contributed by atoms with E-state index in [0.29, 0.717) is 0 Å². The molecular formula is C15H16OS. The van der Waals surface area contributed by atoms with Crippen LogP contribution in [0.4, 0.5) is 0 Å². The van der Waals surface area contributed by atoms with Crippen molar-refractivity contribution in [2.45, 2.75) is 31.8 Å². The van der Waals surface area contributed by atoms with Crippen molar-refractivity contribution in [1.82, 2.24) is 0 Å². The predicted octanol–water partition coefficient (Wildman–Crippen LogP) is 3.71. The molecule has 3 rings (SSSR count). The third-order valence-electron chi connectivity index (χ3n) is 3.40. The second-order valence-electron chi connectivity index (χ2n) is 4.62. The second kappa shape index (κ2) is 4.63. The van der Waals surface area contributed by atoms with Gasteiger partial charge in [-0.15, -0.1) is 11.3 Å². The van der Waals surface area contributed by atoms with Crippen molar-refractivity contribution in [3.05, 3.63) is 57.3 Å². The van der Waals surface area contributed by atoms with Gasteiger partial charge in [-0.2, -0.15) is 0 Å². The smallest absolute Gasteiger partial charge is 0.113 e. The summed E-state index contributed by atoms with van der Waals surface area (Å²) < 4.78 is 0. The maximum absolute atomic E-state index is 10.4. The minimum absolute atomic E-state index is 0.452. The van der Waals surface area contributed by atoms with Crippen molar-refractivity contribution in [1.29, 1.82) is 0 Å². The number of rotatable bonds is 2. The minimum Gasteiger partial charge on any atom is -0.383 e. The first-order valence-electron chi connectivity index (χ1n) is 6.19. The largest absolute Gasteiger partial charge is 0.383 e. The van der Waals surface area contributed by atoms with Gasteiger partial charge in [-0.25, -0.2) is 0 Å². The molecular weight excluding hydrogens is 228 g/mol. The summed E-state index contributed by atoms with van der Waals surface area (Å²) in [7, 11) is 0. The number of aliphatic hydroxyl groups is 1. The van der Waals surface area contributed by atoms with Crippen LogP contribution >= 0.6 is 11.3 Å². The molecule has 0 spiro atoms. The van der Waals surface area contributed by atoms with Gasteiger partial charge < -0.3 is 5.11 Å². The van der Waals surface area contributed by atoms with Crippen LogP contribution < -0.4 is 0 Å². The molecule has 2 heteroatoms. The summed E-state index contributed by atoms with van der Waals surface area (Å²) in [5.41, 5.74) is 2.46. The van der Waals surface area contributed by atoms with E-state index < -0.39 is 6.10 Å². The monoisotopic (exact) mass is 244 g/mol. The first-order valence-corrected chi connectivity index (χ1v) is 7.01. The third kappa shape index (κ3) is 2.15. The normalized spacial score (nSPS) is 16.5. The van der Waals surface area contributed by atoms with Crippen LogP contribution in [0.5, 0.6) is 0 Å². The third-order valence-corrected chi connectivity index (χ3v) is 4.69. The van der Waals surface area contributed by atoms with Crippen LogP contribution in [0.3, 0.4) is 0 Å². The number of fused-ring (bicyclic) bond motifs is 1. The second-order valence-corrected chi connectivity index (χ2v) is 5.79. The van der Waals surface area contributed by atoms with E-state index in [-0.39, 0.29) is 0 Å². The van der Waals surface area contributed by atoms with Crippen molar-refractivity contribution < 1.29 is 5.11 Å². The summed E-state index contributed by atoms with van der Waals surface area (Å²) in [6, 6.07) is 12.1. The lowest BCUT2D eigenvalue weighted by Gasteiger charge is -2.08. The molecule has 0 radical (unpaired) electrons. The van der Waals surface area contributed by atoms with Gasteiger partial charge in [0.2, 0.25) is 0 Å². The van der Waals surface area contributed by atoms with Gasteiger partial charge in [0.15, 0.2) is 0 Å². The standard InChI is InChI=1S/C15H16OS/c16-15(11-6-2-1-3-7-11)14-10-12-8-4-5-9-13(12)17-14/h1-3,6-7,10,15-16H,4-5,8-9H2. The molecule has 0 saturated heterocycles. The summed E-state index contributed by atoms with van der Waals surface area (Å²) in [6.45, 7) is 0. The van der Waals surface area contributed by atoms with Crippen molar-refractivity contribution in [3.8, 4) is 0 Å². The Morgan fingerprint density at radius 3 is 2.59 bits per heavy atom. The van der Waals surface area contributed by atoms with E-state index in [4.69, 9.17) is 0 Å². The Labute approximate surface area is 106 Å². The number of hydrogen-bond acceptors (Lipinski definition) is 2. The van der Waals surface area contributed by atoms with E-state index in [2.05, 4.69) is 6.07 Å². The molecule has 1 heterocycles. The quantitative estimate of drug-likeness (QED) is 0.854. The Hall–Kier alpha value is -1.12. The number of thiophene rings is 1. The van der Waals surface area contributed by atoms with Gasteiger partial charge in [-0.05, 0) is 42.9 Å². The molecule has 1 N–H and O–H groups in total. The molecule has 0 amide bonds. The highest BCUT2D eigenvalue weighted by Crippen LogP contribution is 2.35. The summed E-state index contributed by atoms with van der Waals surface area (Å²) in [6.07, 6.45) is 4.53. The van der Waals surface area contributed by atoms with Crippen molar-refractivity contribution in [2.24, 2.45) is 0 Å². The van der Waals surface area contributed by atoms with Gasteiger partial charge >= 0.3 is 0 Å². The predicted molar refractivity (Wildman–Crippen MR) is 71.5 cm³/mol. The Morgan fingerprint density at radius 1 is 1.06 bits per heavy atom. The maximum Gasteiger partial charge on any atom is 0.113 e. The van der Waals surface area contributed by atoms with Gasteiger partial charge in [0.1, 0.15) is 6.10 Å². The minimum atomic E-state index is -0.452. The van der Waals surface area contributed by atoms with Gasteiger partial charge in [0.25, 0.3) is 0 Å². The zero-order valence-electron chi connectivity index (χ0n) is 9.73. The van der Waals surface area contributed by atoms with Crippen LogP contribution in [0.15, 0.2) is 36.4 Å². The molecule has 1 aliphatic carbocycles. The first kappa shape index (κ1) is 11.0. The Kier molecular flexibility index (Phi) is 3.00. The fourth-order valence-electron chi connectivity index (χ4n) is 2.45. The highest BCUT2D eigenvalue weighted by atomic mass is 32.1. The Bertz CT molecular complexity index is 477. The molecule has 17 heavy (non-hydrogen) atoms. The zero-order valence-corrected chi connectivity index (χ0v) is 10.5. The van der Waals surface area contributed by atoms with E-state index in [9.17, 15) is 5.11 Å². The number of aryl methyl sites for hydroxylation is 2. The first-order chi connectivity index (χ1) is 8.34. The van der Waals surface area contributed by atoms with Crippen molar-refractivity contribution in [3.63, 3.8) is 0 Å². The molecule has 1 aliphatic rings. The van der Waals surface area contributed by atoms with Crippen molar-refractivity contribution in [2.75, 3.05) is 0 Å². The van der Waals surface area contributed by atoms with Crippen LogP contribution in [0, 0.1) is 0 Å². The molecule has 1 aromatic heterocycles. The topological polar surface area (TPSA) is 20.2 Å². The van der Waals surface area contributed by atoms with Gasteiger partial charge in [-0.3, -0.25) is 0 Å². The fourth-order valence-corrected chi connectivity index (χ4v) is 3.72. The lowest BCUT2D eigenvalue weighted by molar-refractivity contribution is 0.224. The molecule has 0 aliphatic heterocycles. The highest BCUT2D eigenvalue weighted by Gasteiger charge is 2.18. The number of benzene rings is 1. The lowest BCUT2D eigenvalue weighted by atomic mass is 9.98. The van der Waals surface area contributed by atoms with Crippen LogP contribution in [0.25, 0.3) is 0 Å². The molecule has 0 saturated carbocycles. The average Bonchev–Trinajstić information content (AvgIpc) is 2.82. The van der Waals surface area contributed by atoms with Crippen LogP contribution in [0.1, 0.15) is 39.8 Å². The molecule has 1 aromatic carbocycles. The highest BCUT2D eigenvalue weighted by molar-refractivity contribution is 7.12. The number of hydrogen-bond donors (Lipinski definition) is 1. The van der Waals surface area contributed by atoms with Crippen LogP contribution in [0.2, 0.25) is 0 Å². The molecule has 1 nitrogen and oxygen atoms in total. The molecule has 0 bridgehead atoms. The molecule has 2 aromatic rings. The van der Waals surface area contributed by atoms with E-state index in [0.717, 1.165) is 10.4 Å². The number of aliphatic hydroxyl groups excluding tert-OH is 1. The summed E-state index contributed by atoms with van der Waals surface area (Å²) in [4.78, 5) is 2.59. The van der Waals surface area contributed by atoms with E-state index in [1.165, 1.54) is 36.1 Å². The average molecular weight is 244 g/mol. The molecule has 1 unspecified atom stereocenters. The van der Waals surface area contributed by atoms with Crippen LogP contribution in [-0.2, 0) is 12.8 Å². The fraction of sp³-hybridized carbons (Fsp3) is 0.333. The molecule has 1 atom stereocenters. The van der Waals surface area contributed by atoms with Gasteiger partial charge in [-0.1, -0.05) is 30.3 Å². The summed E-state index contributed by atoms with van der Waals surface area (Å²) in [5.74, 6) is 0. The summed E-state index contributed by atoms with van der Waals surface area (Å²) >= 11 is 1.79. The van der Waals surface area contributed by atoms with Crippen molar-refractivity contribution >= 4 is 11.3 Å². The van der Waals surface area contributed by atoms with E-state index >= 15 is 0 Å². The SMILES string of the molecule is OC(c1ccccc1)c1cc2c(s1)CCCC2. The van der Waals surface area contributed by atoms with E-state index in [1.807, 2.05) is 30.3 Å². The Balaban J connectivity index is 1.91. The maximum atomic E-state index is 10.4. The van der Waals surface area contributed by atoms with Crippen LogP contribution in [-0.4, -0.2) is 5.11 Å². The lowest BCUT2D eigenvalue weighted by Crippen LogP contribution is -1.97. The molecule has 88 valence electrons. The zero-order chi connectivity index (χ0) is 11.7. The van der Waals surface area contributed by atoms with Gasteiger partial charge in [0, 0.05) is 9.75 Å². The summed E-state index contributed by atoms with van der Waals surface area (Å²) in [5, 5.41) is 10.4. The van der Waals surface area contributed by atoms with Gasteiger partial charge in [0.05, 0.1) is 0 Å².